The van der Waals surface area contributed by atoms with Crippen LogP contribution in [-0.4, -0.2) is 11.8 Å². The van der Waals surface area contributed by atoms with Crippen molar-refractivity contribution < 1.29 is 9.59 Å². The molecule has 3 nitrogen and oxygen atoms in total. The van der Waals surface area contributed by atoms with Gasteiger partial charge in [-0.3, -0.25) is 9.59 Å². The summed E-state index contributed by atoms with van der Waals surface area (Å²) in [6.45, 7) is 4.38. The topological polar surface area (TPSA) is 37.4 Å². The van der Waals surface area contributed by atoms with Crippen LogP contribution in [-0.2, 0) is 9.59 Å². The van der Waals surface area contributed by atoms with Gasteiger partial charge in [0, 0.05) is 17.1 Å². The van der Waals surface area contributed by atoms with Crippen LogP contribution >= 0.6 is 0 Å². The maximum atomic E-state index is 13.0. The quantitative estimate of drug-likeness (QED) is 0.440. The van der Waals surface area contributed by atoms with Gasteiger partial charge in [0.2, 0.25) is 0 Å². The summed E-state index contributed by atoms with van der Waals surface area (Å²) >= 11 is 0. The Morgan fingerprint density at radius 3 is 2.20 bits per heavy atom. The smallest absolute Gasteiger partial charge is 0.262 e. The second-order valence-electron chi connectivity index (χ2n) is 7.29. The number of fused-ring (bicyclic) bond motifs is 2. The Morgan fingerprint density at radius 1 is 0.840 bits per heavy atom. The van der Waals surface area contributed by atoms with Gasteiger partial charge in [0.05, 0.1) is 5.69 Å². The van der Waals surface area contributed by atoms with Crippen molar-refractivity contribution in [1.82, 2.24) is 0 Å². The maximum Gasteiger partial charge on any atom is 0.262 e. The summed E-state index contributed by atoms with van der Waals surface area (Å²) in [7, 11) is 0. The molecule has 1 aromatic carbocycles. The number of benzene rings is 1. The summed E-state index contributed by atoms with van der Waals surface area (Å²) in [5.74, 6) is -0.0776. The van der Waals surface area contributed by atoms with Gasteiger partial charge < -0.3 is 0 Å². The number of hydrogen-bond acceptors (Lipinski definition) is 2. The molecule has 3 aliphatic heterocycles. The van der Waals surface area contributed by atoms with Crippen molar-refractivity contribution in [3.8, 4) is 0 Å². The highest BCUT2D eigenvalue weighted by atomic mass is 16.2. The molecule has 0 radical (unpaired) electrons. The third-order valence-electron chi connectivity index (χ3n) is 5.50. The molecule has 4 rings (SSSR count). The minimum Gasteiger partial charge on any atom is -0.269 e. The number of nitrogens with zero attached hydrogens (tertiary/aromatic N) is 1. The van der Waals surface area contributed by atoms with E-state index in [2.05, 4.69) is 26.0 Å². The monoisotopic (exact) mass is 339 g/mol. The zero-order valence-corrected chi connectivity index (χ0v) is 15.5. The lowest BCUT2D eigenvalue weighted by molar-refractivity contribution is -0.120. The van der Waals surface area contributed by atoms with E-state index in [9.17, 15) is 9.59 Å². The molecule has 2 amide bonds. The van der Waals surface area contributed by atoms with Crippen molar-refractivity contribution in [2.24, 2.45) is 0 Å². The molecular formula is C22H29NO2. The van der Waals surface area contributed by atoms with Gasteiger partial charge in [-0.05, 0) is 37.0 Å². The van der Waals surface area contributed by atoms with Crippen LogP contribution in [0.1, 0.15) is 83.1 Å². The minimum atomic E-state index is -0.0792. The molecule has 1 unspecified atom stereocenters. The second kappa shape index (κ2) is 7.99. The van der Waals surface area contributed by atoms with Crippen molar-refractivity contribution in [2.45, 2.75) is 77.6 Å². The molecule has 4 bridgehead atoms. The number of anilines is 1. The molecule has 0 saturated heterocycles. The zero-order valence-electron chi connectivity index (χ0n) is 15.5. The number of unbranched alkanes of at least 4 members (excludes halogenated alkanes) is 5. The Balaban J connectivity index is 1.94. The molecule has 0 aromatic heterocycles. The summed E-state index contributed by atoms with van der Waals surface area (Å²) in [5, 5.41) is 0. The summed E-state index contributed by atoms with van der Waals surface area (Å²) < 4.78 is 0. The molecule has 1 aromatic rings. The molecule has 0 N–H and O–H groups in total. The molecule has 1 atom stereocenters. The Labute approximate surface area is 151 Å². The van der Waals surface area contributed by atoms with Crippen LogP contribution in [0, 0.1) is 0 Å². The van der Waals surface area contributed by atoms with E-state index in [1.54, 1.807) is 0 Å². The van der Waals surface area contributed by atoms with Crippen LogP contribution in [0.25, 0.3) is 0 Å². The highest BCUT2D eigenvalue weighted by Gasteiger charge is 2.43. The fourth-order valence-corrected chi connectivity index (χ4v) is 4.09. The summed E-state index contributed by atoms with van der Waals surface area (Å²) in [4.78, 5) is 27.4. The van der Waals surface area contributed by atoms with Gasteiger partial charge in [-0.25, -0.2) is 4.90 Å². The zero-order chi connectivity index (χ0) is 17.8. The summed E-state index contributed by atoms with van der Waals surface area (Å²) in [5.41, 5.74) is 3.47. The molecule has 0 aliphatic carbocycles. The number of imide groups is 1. The van der Waals surface area contributed by atoms with Crippen molar-refractivity contribution >= 4 is 17.5 Å². The fraction of sp³-hybridized carbons (Fsp3) is 0.545. The van der Waals surface area contributed by atoms with E-state index in [0.717, 1.165) is 49.7 Å². The van der Waals surface area contributed by atoms with Gasteiger partial charge in [0.1, 0.15) is 0 Å². The number of carbonyl (C=O) groups is 2. The van der Waals surface area contributed by atoms with E-state index < -0.39 is 0 Å². The molecule has 0 spiro atoms. The number of amides is 2. The molecule has 3 heteroatoms. The van der Waals surface area contributed by atoms with E-state index in [1.165, 1.54) is 29.7 Å². The van der Waals surface area contributed by atoms with Crippen LogP contribution in [0.3, 0.4) is 0 Å². The second-order valence-corrected chi connectivity index (χ2v) is 7.29. The highest BCUT2D eigenvalue weighted by molar-refractivity contribution is 6.33. The summed E-state index contributed by atoms with van der Waals surface area (Å²) in [6, 6.07) is 8.04. The number of rotatable bonds is 9. The average molecular weight is 339 g/mol. The van der Waals surface area contributed by atoms with Crippen LogP contribution in [0.15, 0.2) is 35.4 Å². The van der Waals surface area contributed by atoms with Gasteiger partial charge in [-0.2, -0.15) is 0 Å². The minimum absolute atomic E-state index is 0.0711. The Morgan fingerprint density at radius 2 is 1.52 bits per heavy atom. The van der Waals surface area contributed by atoms with Crippen LogP contribution in [0.2, 0.25) is 0 Å². The Hall–Kier alpha value is -1.90. The first-order valence-electron chi connectivity index (χ1n) is 9.90. The molecule has 25 heavy (non-hydrogen) atoms. The third kappa shape index (κ3) is 3.42. The lowest BCUT2D eigenvalue weighted by Gasteiger charge is -2.24. The predicted octanol–water partition coefficient (Wildman–Crippen LogP) is 5.50. The van der Waals surface area contributed by atoms with Crippen molar-refractivity contribution in [2.75, 3.05) is 4.90 Å². The van der Waals surface area contributed by atoms with E-state index in [1.807, 2.05) is 12.1 Å². The Kier molecular flexibility index (Phi) is 5.72. The number of carbonyl (C=O) groups excluding carboxylic acids is 2. The first-order valence-corrected chi connectivity index (χ1v) is 9.90. The third-order valence-corrected chi connectivity index (χ3v) is 5.50. The van der Waals surface area contributed by atoms with Crippen molar-refractivity contribution in [1.29, 1.82) is 0 Å². The molecule has 0 saturated carbocycles. The molecular weight excluding hydrogens is 310 g/mol. The first-order chi connectivity index (χ1) is 12.2. The van der Waals surface area contributed by atoms with E-state index in [4.69, 9.17) is 0 Å². The highest BCUT2D eigenvalue weighted by Crippen LogP contribution is 2.43. The first kappa shape index (κ1) is 17.9. The van der Waals surface area contributed by atoms with E-state index in [0.29, 0.717) is 5.69 Å². The van der Waals surface area contributed by atoms with Gasteiger partial charge in [-0.1, -0.05) is 64.5 Å². The van der Waals surface area contributed by atoms with Crippen molar-refractivity contribution in [3.63, 3.8) is 0 Å². The number of hydrogen-bond donors (Lipinski definition) is 0. The lowest BCUT2D eigenvalue weighted by Crippen LogP contribution is -2.33. The Bertz CT molecular complexity index is 672. The maximum absolute atomic E-state index is 13.0. The molecule has 3 heterocycles. The largest absolute Gasteiger partial charge is 0.269 e. The lowest BCUT2D eigenvalue weighted by atomic mass is 9.83. The van der Waals surface area contributed by atoms with Gasteiger partial charge in [-0.15, -0.1) is 0 Å². The van der Waals surface area contributed by atoms with Crippen molar-refractivity contribution in [3.05, 3.63) is 41.0 Å². The van der Waals surface area contributed by atoms with Gasteiger partial charge >= 0.3 is 0 Å². The van der Waals surface area contributed by atoms with Crippen LogP contribution in [0.5, 0.6) is 0 Å². The average Bonchev–Trinajstić information content (AvgIpc) is 2.89. The normalized spacial score (nSPS) is 19.0. The van der Waals surface area contributed by atoms with E-state index >= 15 is 0 Å². The summed E-state index contributed by atoms with van der Waals surface area (Å²) in [6.07, 6.45) is 9.59. The van der Waals surface area contributed by atoms with Crippen LogP contribution in [0.4, 0.5) is 5.69 Å². The van der Waals surface area contributed by atoms with Gasteiger partial charge in [0.15, 0.2) is 0 Å². The molecule has 3 aliphatic rings. The standard InChI is InChI=1S/C22H29NO2/c1-3-5-7-9-11-19-20-18(10-8-6-4-2)16-12-14-17(15-13-16)23(21(19)24)22(20)25/h12-15,18H,3-11H2,1-2H3. The van der Waals surface area contributed by atoms with Crippen LogP contribution < -0.4 is 4.90 Å². The van der Waals surface area contributed by atoms with E-state index in [-0.39, 0.29) is 17.7 Å². The fourth-order valence-electron chi connectivity index (χ4n) is 4.09. The predicted molar refractivity (Wildman–Crippen MR) is 102 cm³/mol. The SMILES string of the molecule is CCCCCCC1=C2C(=O)N(C1=O)c1ccc(cc1)C2CCCCC. The van der Waals surface area contributed by atoms with Gasteiger partial charge in [0.25, 0.3) is 11.8 Å². The molecule has 0 fully saturated rings. The molecule has 134 valence electrons.